The fourth-order valence-electron chi connectivity index (χ4n) is 1.96. The van der Waals surface area contributed by atoms with E-state index in [0.717, 1.165) is 6.07 Å². The Morgan fingerprint density at radius 1 is 1.19 bits per heavy atom. The summed E-state index contributed by atoms with van der Waals surface area (Å²) in [6.45, 7) is 7.74. The Kier molecular flexibility index (Phi) is 5.65. The van der Waals surface area contributed by atoms with Crippen LogP contribution in [-0.4, -0.2) is 23.1 Å². The number of hydrogen-bond donors (Lipinski definition) is 1. The molecule has 0 bridgehead atoms. The summed E-state index contributed by atoms with van der Waals surface area (Å²) in [6, 6.07) is 2.38. The van der Waals surface area contributed by atoms with E-state index in [4.69, 9.17) is 27.9 Å². The number of esters is 1. The van der Waals surface area contributed by atoms with Crippen molar-refractivity contribution in [3.8, 4) is 0 Å². The average Bonchev–Trinajstić information content (AvgIpc) is 2.36. The molecule has 0 heterocycles. The number of rotatable bonds is 4. The first-order valence-corrected chi connectivity index (χ1v) is 7.26. The van der Waals surface area contributed by atoms with Crippen molar-refractivity contribution in [2.24, 2.45) is 5.41 Å². The lowest BCUT2D eigenvalue weighted by Crippen LogP contribution is -2.31. The van der Waals surface area contributed by atoms with Crippen LogP contribution in [0.4, 0.5) is 0 Å². The van der Waals surface area contributed by atoms with Crippen LogP contribution < -0.4 is 0 Å². The lowest BCUT2D eigenvalue weighted by atomic mass is 9.87. The van der Waals surface area contributed by atoms with E-state index in [1.807, 2.05) is 27.7 Å². The molecule has 0 aliphatic rings. The third-order valence-corrected chi connectivity index (χ3v) is 3.82. The van der Waals surface area contributed by atoms with Crippen LogP contribution in [0.3, 0.4) is 0 Å². The van der Waals surface area contributed by atoms with E-state index in [1.54, 1.807) is 0 Å². The molecule has 0 saturated heterocycles. The first-order chi connectivity index (χ1) is 9.57. The van der Waals surface area contributed by atoms with Crippen LogP contribution in [0.15, 0.2) is 12.1 Å². The molecule has 0 radical (unpaired) electrons. The summed E-state index contributed by atoms with van der Waals surface area (Å²) in [6.07, 6.45) is 0.292. The van der Waals surface area contributed by atoms with Crippen LogP contribution >= 0.6 is 23.2 Å². The lowest BCUT2D eigenvalue weighted by Gasteiger charge is -2.29. The maximum Gasteiger partial charge on any atom is 0.339 e. The highest BCUT2D eigenvalue weighted by atomic mass is 35.5. The van der Waals surface area contributed by atoms with Gasteiger partial charge in [0.15, 0.2) is 0 Å². The molecule has 1 rings (SSSR count). The minimum atomic E-state index is -1.26. The largest absolute Gasteiger partial charge is 0.478 e. The van der Waals surface area contributed by atoms with Crippen molar-refractivity contribution in [3.63, 3.8) is 0 Å². The van der Waals surface area contributed by atoms with Crippen molar-refractivity contribution >= 4 is 35.1 Å². The van der Waals surface area contributed by atoms with Crippen molar-refractivity contribution < 1.29 is 19.4 Å². The summed E-state index contributed by atoms with van der Waals surface area (Å²) in [5.74, 6) is -1.97. The SMILES string of the molecule is CCC(OC(=O)c1cc(Cl)c(Cl)cc1C(=O)O)C(C)(C)C. The smallest absolute Gasteiger partial charge is 0.339 e. The van der Waals surface area contributed by atoms with Crippen molar-refractivity contribution in [1.29, 1.82) is 0 Å². The molecule has 0 fully saturated rings. The minimum absolute atomic E-state index is 0.0773. The molecule has 0 aliphatic heterocycles. The number of carboxylic acid groups (broad SMARTS) is 1. The molecule has 0 aromatic heterocycles. The number of benzene rings is 1. The van der Waals surface area contributed by atoms with Crippen LogP contribution in [-0.2, 0) is 4.74 Å². The van der Waals surface area contributed by atoms with Gasteiger partial charge in [-0.2, -0.15) is 0 Å². The Morgan fingerprint density at radius 2 is 1.67 bits per heavy atom. The second-order valence-electron chi connectivity index (χ2n) is 5.79. The highest BCUT2D eigenvalue weighted by molar-refractivity contribution is 6.42. The predicted octanol–water partition coefficient (Wildman–Crippen LogP) is 4.67. The number of aromatic carboxylic acids is 1. The fourth-order valence-corrected chi connectivity index (χ4v) is 2.29. The fraction of sp³-hybridized carbons (Fsp3) is 0.467. The first kappa shape index (κ1) is 17.8. The van der Waals surface area contributed by atoms with E-state index in [-0.39, 0.29) is 32.7 Å². The monoisotopic (exact) mass is 332 g/mol. The number of halogens is 2. The molecule has 1 unspecified atom stereocenters. The molecule has 0 aliphatic carbocycles. The zero-order chi connectivity index (χ0) is 16.4. The standard InChI is InChI=1S/C15H18Cl2O4/c1-5-12(15(2,3)4)21-14(20)9-7-11(17)10(16)6-8(9)13(18)19/h6-7,12H,5H2,1-4H3,(H,18,19). The molecular formula is C15H18Cl2O4. The van der Waals surface area contributed by atoms with Gasteiger partial charge in [0, 0.05) is 0 Å². The Labute approximate surface area is 134 Å². The summed E-state index contributed by atoms with van der Waals surface area (Å²) in [5.41, 5.74) is -0.568. The number of carbonyl (C=O) groups excluding carboxylic acids is 1. The predicted molar refractivity (Wildman–Crippen MR) is 82.4 cm³/mol. The quantitative estimate of drug-likeness (QED) is 0.813. The van der Waals surface area contributed by atoms with Crippen molar-refractivity contribution in [1.82, 2.24) is 0 Å². The molecule has 1 atom stereocenters. The average molecular weight is 333 g/mol. The van der Waals surface area contributed by atoms with Crippen molar-refractivity contribution in [2.75, 3.05) is 0 Å². The van der Waals surface area contributed by atoms with Crippen LogP contribution in [0, 0.1) is 5.41 Å². The zero-order valence-corrected chi connectivity index (χ0v) is 13.9. The molecule has 0 saturated carbocycles. The van der Waals surface area contributed by atoms with E-state index in [9.17, 15) is 14.7 Å². The zero-order valence-electron chi connectivity index (χ0n) is 12.4. The van der Waals surface area contributed by atoms with Crippen LogP contribution in [0.2, 0.25) is 10.0 Å². The minimum Gasteiger partial charge on any atom is -0.478 e. The summed E-state index contributed by atoms with van der Waals surface area (Å²) in [4.78, 5) is 23.5. The Hall–Kier alpha value is -1.26. The Balaban J connectivity index is 3.18. The summed E-state index contributed by atoms with van der Waals surface area (Å²) < 4.78 is 5.43. The van der Waals surface area contributed by atoms with Crippen LogP contribution in [0.5, 0.6) is 0 Å². The van der Waals surface area contributed by atoms with E-state index in [2.05, 4.69) is 0 Å². The van der Waals surface area contributed by atoms with Crippen LogP contribution in [0.1, 0.15) is 54.8 Å². The molecule has 21 heavy (non-hydrogen) atoms. The number of ether oxygens (including phenoxy) is 1. The molecule has 1 N–H and O–H groups in total. The maximum absolute atomic E-state index is 12.3. The van der Waals surface area contributed by atoms with Crippen molar-refractivity contribution in [2.45, 2.75) is 40.2 Å². The maximum atomic E-state index is 12.3. The van der Waals surface area contributed by atoms with Gasteiger partial charge in [0.05, 0.1) is 21.2 Å². The lowest BCUT2D eigenvalue weighted by molar-refractivity contribution is -0.00427. The Morgan fingerprint density at radius 3 is 2.05 bits per heavy atom. The summed E-state index contributed by atoms with van der Waals surface area (Å²) in [7, 11) is 0. The second kappa shape index (κ2) is 6.67. The van der Waals surface area contributed by atoms with Gasteiger partial charge >= 0.3 is 11.9 Å². The summed E-state index contributed by atoms with van der Waals surface area (Å²) >= 11 is 11.7. The molecule has 1 aromatic rings. The van der Waals surface area contributed by atoms with Gasteiger partial charge in [0.25, 0.3) is 0 Å². The number of carboxylic acids is 1. The van der Waals surface area contributed by atoms with E-state index >= 15 is 0 Å². The van der Waals surface area contributed by atoms with E-state index in [0.29, 0.717) is 6.42 Å². The highest BCUT2D eigenvalue weighted by Gasteiger charge is 2.29. The Bertz CT molecular complexity index is 562. The first-order valence-electron chi connectivity index (χ1n) is 6.51. The molecule has 6 heteroatoms. The van der Waals surface area contributed by atoms with Gasteiger partial charge in [-0.05, 0) is 24.0 Å². The molecule has 0 amide bonds. The third kappa shape index (κ3) is 4.35. The van der Waals surface area contributed by atoms with Crippen molar-refractivity contribution in [3.05, 3.63) is 33.3 Å². The van der Waals surface area contributed by atoms with E-state index in [1.165, 1.54) is 6.07 Å². The molecule has 4 nitrogen and oxygen atoms in total. The highest BCUT2D eigenvalue weighted by Crippen LogP contribution is 2.29. The second-order valence-corrected chi connectivity index (χ2v) is 6.60. The van der Waals surface area contributed by atoms with Gasteiger partial charge in [-0.15, -0.1) is 0 Å². The normalized spacial score (nSPS) is 12.9. The molecule has 116 valence electrons. The van der Waals surface area contributed by atoms with Gasteiger partial charge < -0.3 is 9.84 Å². The van der Waals surface area contributed by atoms with Gasteiger partial charge in [0.1, 0.15) is 6.10 Å². The number of carbonyl (C=O) groups is 2. The van der Waals surface area contributed by atoms with Gasteiger partial charge in [-0.3, -0.25) is 0 Å². The molecular weight excluding hydrogens is 315 g/mol. The topological polar surface area (TPSA) is 63.6 Å². The van der Waals surface area contributed by atoms with Gasteiger partial charge in [0.2, 0.25) is 0 Å². The summed E-state index contributed by atoms with van der Waals surface area (Å²) in [5, 5.41) is 9.36. The number of hydrogen-bond acceptors (Lipinski definition) is 3. The van der Waals surface area contributed by atoms with Gasteiger partial charge in [-0.1, -0.05) is 50.9 Å². The molecule has 1 aromatic carbocycles. The van der Waals surface area contributed by atoms with Gasteiger partial charge in [-0.25, -0.2) is 9.59 Å². The third-order valence-electron chi connectivity index (χ3n) is 3.10. The molecule has 0 spiro atoms. The van der Waals surface area contributed by atoms with E-state index < -0.39 is 11.9 Å². The van der Waals surface area contributed by atoms with Crippen LogP contribution in [0.25, 0.3) is 0 Å².